The predicted molar refractivity (Wildman–Crippen MR) is 77.1 cm³/mol. The SMILES string of the molecule is N#CSc1c(-c2ccccc2)nc2ccc(Cl)cn12. The molecule has 3 rings (SSSR count). The summed E-state index contributed by atoms with van der Waals surface area (Å²) in [4.78, 5) is 4.58. The number of fused-ring (bicyclic) bond motifs is 1. The van der Waals surface area contributed by atoms with Gasteiger partial charge in [-0.15, -0.1) is 0 Å². The zero-order valence-electron chi connectivity index (χ0n) is 9.75. The van der Waals surface area contributed by atoms with E-state index in [4.69, 9.17) is 16.9 Å². The molecule has 0 aliphatic heterocycles. The largest absolute Gasteiger partial charge is 0.292 e. The first-order valence-electron chi connectivity index (χ1n) is 5.58. The number of nitriles is 1. The van der Waals surface area contributed by atoms with E-state index in [9.17, 15) is 0 Å². The van der Waals surface area contributed by atoms with Crippen LogP contribution in [-0.2, 0) is 0 Å². The molecular formula is C14H8ClN3S. The lowest BCUT2D eigenvalue weighted by Gasteiger charge is -2.00. The molecule has 3 aromatic rings. The molecule has 3 nitrogen and oxygen atoms in total. The normalized spacial score (nSPS) is 10.5. The van der Waals surface area contributed by atoms with E-state index in [1.54, 1.807) is 12.3 Å². The molecule has 0 saturated heterocycles. The van der Waals surface area contributed by atoms with Crippen LogP contribution in [0.2, 0.25) is 5.02 Å². The van der Waals surface area contributed by atoms with Gasteiger partial charge in [-0.3, -0.25) is 4.40 Å². The van der Waals surface area contributed by atoms with Crippen LogP contribution in [0, 0.1) is 10.7 Å². The van der Waals surface area contributed by atoms with Crippen LogP contribution in [0.5, 0.6) is 0 Å². The first-order valence-corrected chi connectivity index (χ1v) is 6.78. The number of nitrogens with zero attached hydrogens (tertiary/aromatic N) is 3. The molecule has 92 valence electrons. The van der Waals surface area contributed by atoms with E-state index in [2.05, 4.69) is 10.4 Å². The van der Waals surface area contributed by atoms with Crippen molar-refractivity contribution < 1.29 is 0 Å². The maximum Gasteiger partial charge on any atom is 0.140 e. The molecule has 0 bridgehead atoms. The number of thioether (sulfide) groups is 1. The van der Waals surface area contributed by atoms with Crippen molar-refractivity contribution >= 4 is 29.0 Å². The number of imidazole rings is 1. The third-order valence-corrected chi connectivity index (χ3v) is 3.63. The highest BCUT2D eigenvalue weighted by molar-refractivity contribution is 8.03. The summed E-state index contributed by atoms with van der Waals surface area (Å²) in [5.74, 6) is 0. The number of hydrogen-bond donors (Lipinski definition) is 0. The van der Waals surface area contributed by atoms with Crippen molar-refractivity contribution in [2.45, 2.75) is 5.03 Å². The van der Waals surface area contributed by atoms with Gasteiger partial charge in [-0.05, 0) is 12.1 Å². The second-order valence-corrected chi connectivity index (χ2v) is 5.11. The smallest absolute Gasteiger partial charge is 0.140 e. The molecule has 0 aliphatic carbocycles. The van der Waals surface area contributed by atoms with Crippen molar-refractivity contribution in [3.63, 3.8) is 0 Å². The van der Waals surface area contributed by atoms with Crippen LogP contribution in [0.15, 0.2) is 53.7 Å². The fourth-order valence-electron chi connectivity index (χ4n) is 1.92. The predicted octanol–water partition coefficient (Wildman–Crippen LogP) is 4.23. The molecule has 5 heteroatoms. The molecule has 2 heterocycles. The summed E-state index contributed by atoms with van der Waals surface area (Å²) in [7, 11) is 0. The maximum atomic E-state index is 8.98. The van der Waals surface area contributed by atoms with Gasteiger partial charge in [0, 0.05) is 23.5 Å². The van der Waals surface area contributed by atoms with Gasteiger partial charge >= 0.3 is 0 Å². The summed E-state index contributed by atoms with van der Waals surface area (Å²) in [6, 6.07) is 13.4. The standard InChI is InChI=1S/C14H8ClN3S/c15-11-6-7-12-17-13(10-4-2-1-3-5-10)14(19-9-16)18(12)8-11/h1-8H. The minimum atomic E-state index is 0.615. The third-order valence-electron chi connectivity index (χ3n) is 2.73. The number of aromatic nitrogens is 2. The topological polar surface area (TPSA) is 41.1 Å². The van der Waals surface area contributed by atoms with E-state index in [0.717, 1.165) is 33.7 Å². The van der Waals surface area contributed by atoms with Crippen LogP contribution in [-0.4, -0.2) is 9.38 Å². The van der Waals surface area contributed by atoms with Gasteiger partial charge in [-0.2, -0.15) is 5.26 Å². The Morgan fingerprint density at radius 2 is 1.95 bits per heavy atom. The lowest BCUT2D eigenvalue weighted by molar-refractivity contribution is 1.06. The number of thiocyanates is 1. The molecule has 0 amide bonds. The monoisotopic (exact) mass is 285 g/mol. The Morgan fingerprint density at radius 1 is 1.16 bits per heavy atom. The lowest BCUT2D eigenvalue weighted by atomic mass is 10.2. The molecule has 0 atom stereocenters. The van der Waals surface area contributed by atoms with Crippen molar-refractivity contribution in [3.8, 4) is 16.7 Å². The summed E-state index contributed by atoms with van der Waals surface area (Å²) in [6.07, 6.45) is 1.77. The Hall–Kier alpha value is -1.96. The van der Waals surface area contributed by atoms with Gasteiger partial charge in [0.05, 0.1) is 5.02 Å². The van der Waals surface area contributed by atoms with Gasteiger partial charge in [0.1, 0.15) is 21.8 Å². The van der Waals surface area contributed by atoms with Crippen LogP contribution in [0.4, 0.5) is 0 Å². The molecule has 19 heavy (non-hydrogen) atoms. The number of halogens is 1. The summed E-state index contributed by atoms with van der Waals surface area (Å²) in [5, 5.41) is 12.5. The lowest BCUT2D eigenvalue weighted by Crippen LogP contribution is -1.86. The number of benzene rings is 1. The molecule has 0 aliphatic rings. The minimum absolute atomic E-state index is 0.615. The summed E-state index contributed by atoms with van der Waals surface area (Å²) in [5.41, 5.74) is 2.57. The molecular weight excluding hydrogens is 278 g/mol. The molecule has 0 fully saturated rings. The first-order chi connectivity index (χ1) is 9.29. The summed E-state index contributed by atoms with van der Waals surface area (Å²) < 4.78 is 1.85. The highest BCUT2D eigenvalue weighted by Crippen LogP contribution is 2.32. The van der Waals surface area contributed by atoms with Gasteiger partial charge in [0.2, 0.25) is 0 Å². The Morgan fingerprint density at radius 3 is 2.68 bits per heavy atom. The average molecular weight is 286 g/mol. The molecule has 0 unspecified atom stereocenters. The highest BCUT2D eigenvalue weighted by atomic mass is 35.5. The zero-order valence-corrected chi connectivity index (χ0v) is 11.3. The van der Waals surface area contributed by atoms with Crippen molar-refractivity contribution in [1.82, 2.24) is 9.38 Å². The molecule has 0 radical (unpaired) electrons. The average Bonchev–Trinajstić information content (AvgIpc) is 2.79. The first kappa shape index (κ1) is 12.1. The number of pyridine rings is 1. The number of rotatable bonds is 2. The van der Waals surface area contributed by atoms with Crippen molar-refractivity contribution in [1.29, 1.82) is 5.26 Å². The Labute approximate surface area is 119 Å². The van der Waals surface area contributed by atoms with Crippen molar-refractivity contribution in [2.75, 3.05) is 0 Å². The second kappa shape index (κ2) is 4.96. The Bertz CT molecular complexity index is 774. The van der Waals surface area contributed by atoms with E-state index in [1.165, 1.54) is 0 Å². The Balaban J connectivity index is 2.30. The van der Waals surface area contributed by atoms with E-state index in [-0.39, 0.29) is 0 Å². The number of hydrogen-bond acceptors (Lipinski definition) is 3. The quantitative estimate of drug-likeness (QED) is 0.523. The molecule has 2 aromatic heterocycles. The van der Waals surface area contributed by atoms with Gasteiger partial charge < -0.3 is 0 Å². The van der Waals surface area contributed by atoms with Crippen LogP contribution in [0.25, 0.3) is 16.9 Å². The van der Waals surface area contributed by atoms with E-state index < -0.39 is 0 Å². The van der Waals surface area contributed by atoms with E-state index in [0.29, 0.717) is 5.02 Å². The summed E-state index contributed by atoms with van der Waals surface area (Å²) in [6.45, 7) is 0. The van der Waals surface area contributed by atoms with Gasteiger partial charge in [-0.1, -0.05) is 41.9 Å². The van der Waals surface area contributed by atoms with Crippen molar-refractivity contribution in [2.24, 2.45) is 0 Å². The molecule has 0 saturated carbocycles. The molecule has 0 N–H and O–H groups in total. The van der Waals surface area contributed by atoms with Crippen molar-refractivity contribution in [3.05, 3.63) is 53.7 Å². The van der Waals surface area contributed by atoms with Crippen LogP contribution >= 0.6 is 23.4 Å². The van der Waals surface area contributed by atoms with Gasteiger partial charge in [-0.25, -0.2) is 4.98 Å². The maximum absolute atomic E-state index is 8.98. The summed E-state index contributed by atoms with van der Waals surface area (Å²) >= 11 is 7.09. The van der Waals surface area contributed by atoms with Crippen LogP contribution < -0.4 is 0 Å². The van der Waals surface area contributed by atoms with E-state index >= 15 is 0 Å². The molecule has 0 spiro atoms. The molecule has 1 aromatic carbocycles. The second-order valence-electron chi connectivity index (χ2n) is 3.90. The fourth-order valence-corrected chi connectivity index (χ4v) is 2.67. The van der Waals surface area contributed by atoms with Crippen LogP contribution in [0.3, 0.4) is 0 Å². The van der Waals surface area contributed by atoms with Gasteiger partial charge in [0.25, 0.3) is 0 Å². The van der Waals surface area contributed by atoms with Crippen LogP contribution in [0.1, 0.15) is 0 Å². The highest BCUT2D eigenvalue weighted by Gasteiger charge is 2.14. The van der Waals surface area contributed by atoms with Gasteiger partial charge in [0.15, 0.2) is 0 Å². The Kier molecular flexibility index (Phi) is 3.16. The third kappa shape index (κ3) is 2.19. The minimum Gasteiger partial charge on any atom is -0.292 e. The van der Waals surface area contributed by atoms with E-state index in [1.807, 2.05) is 40.8 Å². The zero-order chi connectivity index (χ0) is 13.2. The fraction of sp³-hybridized carbons (Fsp3) is 0.